The Labute approximate surface area is 200 Å². The Kier molecular flexibility index (Phi) is 8.49. The molecular weight excluding hydrogens is 460 g/mol. The topological polar surface area (TPSA) is 140 Å². The van der Waals surface area contributed by atoms with E-state index < -0.39 is 21.5 Å². The van der Waals surface area contributed by atoms with Crippen molar-refractivity contribution in [2.24, 2.45) is 5.92 Å². The fourth-order valence-corrected chi connectivity index (χ4v) is 5.00. The number of carbonyl (C=O) groups is 2. The van der Waals surface area contributed by atoms with E-state index in [2.05, 4.69) is 15.1 Å². The number of aromatic carboxylic acids is 1. The molecular formula is C23H34N4O6S. The first-order valence-electron chi connectivity index (χ1n) is 11.2. The molecule has 0 fully saturated rings. The van der Waals surface area contributed by atoms with Gasteiger partial charge in [0.1, 0.15) is 10.6 Å². The van der Waals surface area contributed by atoms with Gasteiger partial charge in [0.15, 0.2) is 5.69 Å². The van der Waals surface area contributed by atoms with Gasteiger partial charge < -0.3 is 15.2 Å². The maximum absolute atomic E-state index is 13.3. The van der Waals surface area contributed by atoms with Crippen molar-refractivity contribution in [3.05, 3.63) is 29.5 Å². The molecule has 1 heterocycles. The third kappa shape index (κ3) is 6.35. The van der Waals surface area contributed by atoms with Gasteiger partial charge in [0.05, 0.1) is 0 Å². The Morgan fingerprint density at radius 1 is 1.18 bits per heavy atom. The number of carbonyl (C=O) groups excluding carboxylic acids is 1. The summed E-state index contributed by atoms with van der Waals surface area (Å²) in [6, 6.07) is 4.32. The van der Waals surface area contributed by atoms with Crippen molar-refractivity contribution in [1.29, 1.82) is 0 Å². The first kappa shape index (κ1) is 27.3. The van der Waals surface area contributed by atoms with Gasteiger partial charge in [-0.25, -0.2) is 22.6 Å². The minimum atomic E-state index is -4.07. The molecule has 11 heteroatoms. The number of carboxylic acid groups (broad SMARTS) is 1. The zero-order valence-corrected chi connectivity index (χ0v) is 21.5. The van der Waals surface area contributed by atoms with Gasteiger partial charge in [-0.05, 0) is 65.7 Å². The van der Waals surface area contributed by atoms with E-state index >= 15 is 0 Å². The maximum atomic E-state index is 13.3. The Morgan fingerprint density at radius 2 is 1.79 bits per heavy atom. The number of carboxylic acids is 1. The average molecular weight is 495 g/mol. The van der Waals surface area contributed by atoms with E-state index in [1.807, 2.05) is 13.8 Å². The van der Waals surface area contributed by atoms with E-state index in [1.165, 1.54) is 16.8 Å². The molecule has 0 saturated heterocycles. The van der Waals surface area contributed by atoms with Crippen molar-refractivity contribution in [2.45, 2.75) is 78.3 Å². The summed E-state index contributed by atoms with van der Waals surface area (Å²) >= 11 is 0. The number of rotatable bonds is 10. The van der Waals surface area contributed by atoms with Crippen molar-refractivity contribution >= 4 is 27.6 Å². The SMILES string of the molecule is CCC(CC)C(=O)Nc1ccc(Oc2c(C)c(C(=O)O)nn2CC)c(S(=O)(=O)NC(C)(C)C)c1. The second-order valence-corrected chi connectivity index (χ2v) is 10.7. The van der Waals surface area contributed by atoms with Crippen molar-refractivity contribution in [2.75, 3.05) is 5.32 Å². The number of ether oxygens (including phenoxy) is 1. The number of anilines is 1. The number of hydrogen-bond acceptors (Lipinski definition) is 6. The zero-order chi connectivity index (χ0) is 25.8. The summed E-state index contributed by atoms with van der Waals surface area (Å²) in [6.07, 6.45) is 1.32. The third-order valence-corrected chi connectivity index (χ3v) is 6.92. The Hall–Kier alpha value is -2.92. The molecule has 10 nitrogen and oxygen atoms in total. The first-order valence-corrected chi connectivity index (χ1v) is 12.7. The van der Waals surface area contributed by atoms with E-state index in [0.29, 0.717) is 25.1 Å². The number of hydrogen-bond donors (Lipinski definition) is 3. The summed E-state index contributed by atoms with van der Waals surface area (Å²) < 4.78 is 36.4. The molecule has 1 amide bonds. The van der Waals surface area contributed by atoms with Crippen LogP contribution >= 0.6 is 0 Å². The summed E-state index contributed by atoms with van der Waals surface area (Å²) in [7, 11) is -4.07. The lowest BCUT2D eigenvalue weighted by molar-refractivity contribution is -0.120. The number of aryl methyl sites for hydroxylation is 1. The van der Waals surface area contributed by atoms with E-state index in [1.54, 1.807) is 40.7 Å². The van der Waals surface area contributed by atoms with Crippen molar-refractivity contribution in [3.8, 4) is 11.6 Å². The summed E-state index contributed by atoms with van der Waals surface area (Å²) in [4.78, 5) is 23.9. The van der Waals surface area contributed by atoms with Gasteiger partial charge in [-0.3, -0.25) is 4.79 Å². The number of nitrogens with one attached hydrogen (secondary N) is 2. The van der Waals surface area contributed by atoms with E-state index in [4.69, 9.17) is 4.74 Å². The molecule has 0 saturated carbocycles. The summed E-state index contributed by atoms with van der Waals surface area (Å²) in [5, 5.41) is 16.2. The largest absolute Gasteiger partial charge is 0.476 e. The van der Waals surface area contributed by atoms with Crippen LogP contribution in [0.5, 0.6) is 11.6 Å². The third-order valence-electron chi connectivity index (χ3n) is 5.14. The highest BCUT2D eigenvalue weighted by molar-refractivity contribution is 7.89. The smallest absolute Gasteiger partial charge is 0.356 e. The minimum absolute atomic E-state index is 0.0214. The molecule has 3 N–H and O–H groups in total. The second kappa shape index (κ2) is 10.6. The van der Waals surface area contributed by atoms with Gasteiger partial charge in [0, 0.05) is 29.3 Å². The summed E-state index contributed by atoms with van der Waals surface area (Å²) in [5.41, 5.74) is -0.371. The highest BCUT2D eigenvalue weighted by Crippen LogP contribution is 2.34. The molecule has 0 aliphatic heterocycles. The molecule has 1 aromatic heterocycles. The van der Waals surface area contributed by atoms with Gasteiger partial charge in [-0.1, -0.05) is 13.8 Å². The van der Waals surface area contributed by atoms with Crippen LogP contribution in [-0.4, -0.2) is 40.7 Å². The van der Waals surface area contributed by atoms with Crippen LogP contribution in [0.25, 0.3) is 0 Å². The van der Waals surface area contributed by atoms with E-state index in [-0.39, 0.29) is 39.6 Å². The van der Waals surface area contributed by atoms with Crippen LogP contribution in [0.3, 0.4) is 0 Å². The summed E-state index contributed by atoms with van der Waals surface area (Å²) in [6.45, 7) is 12.6. The van der Waals surface area contributed by atoms with E-state index in [0.717, 1.165) is 0 Å². The molecule has 0 bridgehead atoms. The van der Waals surface area contributed by atoms with Crippen LogP contribution in [0, 0.1) is 12.8 Å². The zero-order valence-electron chi connectivity index (χ0n) is 20.7. The molecule has 0 atom stereocenters. The molecule has 2 aromatic rings. The van der Waals surface area contributed by atoms with Crippen LogP contribution < -0.4 is 14.8 Å². The van der Waals surface area contributed by atoms with Crippen LogP contribution in [0.4, 0.5) is 5.69 Å². The maximum Gasteiger partial charge on any atom is 0.356 e. The predicted molar refractivity (Wildman–Crippen MR) is 129 cm³/mol. The molecule has 0 aliphatic rings. The quantitative estimate of drug-likeness (QED) is 0.451. The molecule has 188 valence electrons. The van der Waals surface area contributed by atoms with Crippen LogP contribution in [0.15, 0.2) is 23.1 Å². The fraction of sp³-hybridized carbons (Fsp3) is 0.522. The highest BCUT2D eigenvalue weighted by Gasteiger charge is 2.28. The van der Waals surface area contributed by atoms with Gasteiger partial charge in [0.25, 0.3) is 0 Å². The predicted octanol–water partition coefficient (Wildman–Crippen LogP) is 4.15. The number of sulfonamides is 1. The van der Waals surface area contributed by atoms with Crippen molar-refractivity contribution < 1.29 is 27.9 Å². The number of aromatic nitrogens is 2. The lowest BCUT2D eigenvalue weighted by Gasteiger charge is -2.22. The Morgan fingerprint density at radius 3 is 2.29 bits per heavy atom. The van der Waals surface area contributed by atoms with Gasteiger partial charge in [-0.2, -0.15) is 5.10 Å². The number of benzene rings is 1. The minimum Gasteiger partial charge on any atom is -0.476 e. The van der Waals surface area contributed by atoms with Crippen molar-refractivity contribution in [1.82, 2.24) is 14.5 Å². The average Bonchev–Trinajstić information content (AvgIpc) is 3.04. The first-order chi connectivity index (χ1) is 15.7. The molecule has 34 heavy (non-hydrogen) atoms. The lowest BCUT2D eigenvalue weighted by atomic mass is 10.0. The normalized spacial score (nSPS) is 12.1. The van der Waals surface area contributed by atoms with Crippen LogP contribution in [0.2, 0.25) is 0 Å². The fourth-order valence-electron chi connectivity index (χ4n) is 3.43. The Bertz CT molecular complexity index is 1160. The van der Waals surface area contributed by atoms with E-state index in [9.17, 15) is 23.1 Å². The van der Waals surface area contributed by atoms with Crippen molar-refractivity contribution in [3.63, 3.8) is 0 Å². The van der Waals surface area contributed by atoms with Gasteiger partial charge >= 0.3 is 5.97 Å². The van der Waals surface area contributed by atoms with Crippen LogP contribution in [0.1, 0.15) is 70.4 Å². The number of amides is 1. The molecule has 2 rings (SSSR count). The molecule has 0 aliphatic carbocycles. The standard InChI is InChI=1S/C23H34N4O6S/c1-8-15(9-2)20(28)24-16-11-12-17(18(13-16)34(31,32)26-23(5,6)7)33-21-14(4)19(22(29)30)25-27(21)10-3/h11-13,15,26H,8-10H2,1-7H3,(H,24,28)(H,29,30). The van der Waals surface area contributed by atoms with Gasteiger partial charge in [-0.15, -0.1) is 0 Å². The molecule has 1 aromatic carbocycles. The molecule has 0 unspecified atom stereocenters. The highest BCUT2D eigenvalue weighted by atomic mass is 32.2. The number of nitrogens with zero attached hydrogens (tertiary/aromatic N) is 2. The summed E-state index contributed by atoms with van der Waals surface area (Å²) in [5.74, 6) is -1.50. The molecule has 0 spiro atoms. The van der Waals surface area contributed by atoms with Crippen LogP contribution in [-0.2, 0) is 21.4 Å². The van der Waals surface area contributed by atoms with Gasteiger partial charge in [0.2, 0.25) is 21.8 Å². The molecule has 0 radical (unpaired) electrons. The Balaban J connectivity index is 2.60. The lowest BCUT2D eigenvalue weighted by Crippen LogP contribution is -2.40. The second-order valence-electron chi connectivity index (χ2n) is 9.02. The monoisotopic (exact) mass is 494 g/mol.